The Balaban J connectivity index is 2.23. The summed E-state index contributed by atoms with van der Waals surface area (Å²) < 4.78 is 22.4. The van der Waals surface area contributed by atoms with Crippen molar-refractivity contribution in [2.24, 2.45) is 0 Å². The Morgan fingerprint density at radius 1 is 1.21 bits per heavy atom. The number of thioether (sulfide) groups is 1. The number of esters is 1. The van der Waals surface area contributed by atoms with E-state index in [1.54, 1.807) is 20.8 Å². The number of ether oxygens (including phenoxy) is 1. The Hall–Kier alpha value is -1.81. The Morgan fingerprint density at radius 3 is 2.35 bits per heavy atom. The summed E-state index contributed by atoms with van der Waals surface area (Å²) in [6.45, 7) is 13.0. The normalized spacial score (nSPS) is 14.0. The molecule has 2 rings (SSSR count). The molecule has 1 N–H and O–H groups in total. The van der Waals surface area contributed by atoms with E-state index in [9.17, 15) is 14.1 Å². The lowest BCUT2D eigenvalue weighted by atomic mass is 10.0. The second-order valence-corrected chi connectivity index (χ2v) is 13.0. The van der Waals surface area contributed by atoms with Crippen LogP contribution in [0.1, 0.15) is 70.8 Å². The van der Waals surface area contributed by atoms with Crippen LogP contribution < -0.4 is 10.3 Å². The van der Waals surface area contributed by atoms with E-state index >= 15 is 0 Å². The smallest absolute Gasteiger partial charge is 0.326 e. The van der Waals surface area contributed by atoms with Gasteiger partial charge in [0.25, 0.3) is 5.56 Å². The molecule has 1 aromatic carbocycles. The van der Waals surface area contributed by atoms with Crippen molar-refractivity contribution >= 4 is 29.1 Å². The maximum Gasteiger partial charge on any atom is 0.326 e. The number of hydrogen-bond donors (Lipinski definition) is 1. The first-order valence-electron chi connectivity index (χ1n) is 11.3. The molecule has 0 aliphatic carbocycles. The molecule has 1 heterocycles. The number of rotatable bonds is 9. The molecule has 0 aliphatic heterocycles. The average molecular weight is 508 g/mol. The predicted octanol–water partition coefficient (Wildman–Crippen LogP) is 4.34. The van der Waals surface area contributed by atoms with Gasteiger partial charge in [-0.2, -0.15) is 0 Å². The molecule has 0 spiro atoms. The van der Waals surface area contributed by atoms with E-state index in [1.165, 1.54) is 22.4 Å². The molecule has 0 bridgehead atoms. The zero-order valence-corrected chi connectivity index (χ0v) is 23.1. The lowest BCUT2D eigenvalue weighted by Gasteiger charge is -2.28. The third-order valence-corrected chi connectivity index (χ3v) is 7.18. The van der Waals surface area contributed by atoms with Gasteiger partial charge in [0.1, 0.15) is 16.9 Å². The summed E-state index contributed by atoms with van der Waals surface area (Å²) in [4.78, 5) is 29.7. The molecular formula is C25H37N3O4S2. The van der Waals surface area contributed by atoms with Crippen molar-refractivity contribution < 1.29 is 14.1 Å². The minimum atomic E-state index is -1.25. The van der Waals surface area contributed by atoms with Gasteiger partial charge < -0.3 is 9.29 Å². The van der Waals surface area contributed by atoms with Crippen LogP contribution in [0.5, 0.6) is 0 Å². The van der Waals surface area contributed by atoms with Crippen LogP contribution in [-0.2, 0) is 33.9 Å². The van der Waals surface area contributed by atoms with Gasteiger partial charge in [-0.25, -0.2) is 4.98 Å². The van der Waals surface area contributed by atoms with E-state index < -0.39 is 27.7 Å². The van der Waals surface area contributed by atoms with Crippen LogP contribution in [0.4, 0.5) is 0 Å². The Kier molecular flexibility index (Phi) is 9.82. The molecule has 7 nitrogen and oxygen atoms in total. The lowest BCUT2D eigenvalue weighted by Crippen LogP contribution is -2.41. The first-order valence-corrected chi connectivity index (χ1v) is 13.7. The van der Waals surface area contributed by atoms with Crippen molar-refractivity contribution in [3.63, 3.8) is 0 Å². The van der Waals surface area contributed by atoms with E-state index in [4.69, 9.17) is 4.74 Å². The Labute approximate surface area is 210 Å². The molecule has 0 saturated heterocycles. The van der Waals surface area contributed by atoms with E-state index in [-0.39, 0.29) is 18.1 Å². The topological polar surface area (TPSA) is 96.3 Å². The highest BCUT2D eigenvalue weighted by molar-refractivity contribution is 7.98. The second-order valence-electron chi connectivity index (χ2n) is 10.2. The molecule has 1 aromatic heterocycles. The van der Waals surface area contributed by atoms with Gasteiger partial charge in [0.2, 0.25) is 0 Å². The van der Waals surface area contributed by atoms with Crippen LogP contribution in [0.3, 0.4) is 0 Å². The third kappa shape index (κ3) is 8.76. The van der Waals surface area contributed by atoms with Crippen LogP contribution in [0.15, 0.2) is 40.3 Å². The van der Waals surface area contributed by atoms with E-state index in [0.29, 0.717) is 23.7 Å². The fourth-order valence-corrected chi connectivity index (χ4v) is 4.60. The zero-order valence-electron chi connectivity index (χ0n) is 21.4. The summed E-state index contributed by atoms with van der Waals surface area (Å²) in [5.41, 5.74) is 1.90. The van der Waals surface area contributed by atoms with Crippen molar-refractivity contribution in [1.82, 2.24) is 14.3 Å². The van der Waals surface area contributed by atoms with E-state index in [0.717, 1.165) is 11.1 Å². The van der Waals surface area contributed by atoms with Crippen LogP contribution in [0.25, 0.3) is 0 Å². The second kappa shape index (κ2) is 11.7. The van der Waals surface area contributed by atoms with Crippen molar-refractivity contribution in [3.05, 3.63) is 57.5 Å². The molecule has 0 amide bonds. The van der Waals surface area contributed by atoms with Gasteiger partial charge in [-0.15, -0.1) is 4.72 Å². The molecule has 0 aliphatic rings. The molecule has 2 aromatic rings. The van der Waals surface area contributed by atoms with Gasteiger partial charge in [-0.05, 0) is 73.1 Å². The monoisotopic (exact) mass is 507 g/mol. The van der Waals surface area contributed by atoms with Gasteiger partial charge in [0.15, 0.2) is 5.16 Å². The van der Waals surface area contributed by atoms with Crippen molar-refractivity contribution in [1.29, 1.82) is 0 Å². The number of benzene rings is 1. The van der Waals surface area contributed by atoms with Crippen molar-refractivity contribution in [2.45, 2.75) is 89.4 Å². The minimum absolute atomic E-state index is 0.163. The van der Waals surface area contributed by atoms with Crippen molar-refractivity contribution in [3.8, 4) is 0 Å². The molecule has 34 heavy (non-hydrogen) atoms. The standard InChI is InChI=1S/C25H37N3O4S2/c1-17-9-11-18(12-10-17)20(27-34(31)25(5,6)7)14-13-19-15-21(29)28(23(26-19)33-8)16-22(30)32-24(2,3)4/h9-12,15,20,27H,13-14,16H2,1-8H3/t20-,34?/m0/s1. The van der Waals surface area contributed by atoms with Gasteiger partial charge >= 0.3 is 5.97 Å². The summed E-state index contributed by atoms with van der Waals surface area (Å²) >= 11 is 0.0576. The third-order valence-electron chi connectivity index (χ3n) is 4.89. The Morgan fingerprint density at radius 2 is 1.82 bits per heavy atom. The minimum Gasteiger partial charge on any atom is -0.598 e. The summed E-state index contributed by atoms with van der Waals surface area (Å²) in [6, 6.07) is 9.44. The number of aromatic nitrogens is 2. The number of aryl methyl sites for hydroxylation is 2. The molecule has 0 saturated carbocycles. The fraction of sp³-hybridized carbons (Fsp3) is 0.560. The number of nitrogens with one attached hydrogen (secondary N) is 1. The van der Waals surface area contributed by atoms with Crippen LogP contribution in [-0.4, -0.2) is 36.7 Å². The first-order chi connectivity index (χ1) is 15.7. The van der Waals surface area contributed by atoms with Crippen LogP contribution in [0, 0.1) is 6.92 Å². The molecule has 1 unspecified atom stereocenters. The molecule has 9 heteroatoms. The fourth-order valence-electron chi connectivity index (χ4n) is 3.15. The SMILES string of the molecule is CSc1nc(CC[C@H](N[S+]([O-])C(C)(C)C)c2ccc(C)cc2)cc(=O)n1CC(=O)OC(C)(C)C. The van der Waals surface area contributed by atoms with Crippen molar-refractivity contribution in [2.75, 3.05) is 6.26 Å². The molecule has 0 fully saturated rings. The van der Waals surface area contributed by atoms with Gasteiger partial charge in [-0.1, -0.05) is 41.6 Å². The van der Waals surface area contributed by atoms with Crippen LogP contribution >= 0.6 is 11.8 Å². The van der Waals surface area contributed by atoms with E-state index in [1.807, 2.05) is 58.2 Å². The molecule has 2 atom stereocenters. The molecular weight excluding hydrogens is 470 g/mol. The highest BCUT2D eigenvalue weighted by Crippen LogP contribution is 2.24. The van der Waals surface area contributed by atoms with Gasteiger partial charge in [-0.3, -0.25) is 14.2 Å². The number of hydrogen-bond acceptors (Lipinski definition) is 7. The first kappa shape index (κ1) is 28.4. The largest absolute Gasteiger partial charge is 0.598 e. The summed E-state index contributed by atoms with van der Waals surface area (Å²) in [6.07, 6.45) is 2.95. The molecule has 188 valence electrons. The van der Waals surface area contributed by atoms with E-state index in [2.05, 4.69) is 9.71 Å². The van der Waals surface area contributed by atoms with Gasteiger partial charge in [0, 0.05) is 23.1 Å². The van der Waals surface area contributed by atoms with Gasteiger partial charge in [0.05, 0.1) is 6.04 Å². The Bertz CT molecular complexity index is 1020. The average Bonchev–Trinajstić information content (AvgIpc) is 2.71. The number of carbonyl (C=O) groups is 1. The zero-order chi connectivity index (χ0) is 25.7. The van der Waals surface area contributed by atoms with Crippen LogP contribution in [0.2, 0.25) is 0 Å². The molecule has 0 radical (unpaired) electrons. The maximum atomic E-state index is 12.8. The maximum absolute atomic E-state index is 12.8. The lowest BCUT2D eigenvalue weighted by molar-refractivity contribution is -0.155. The highest BCUT2D eigenvalue weighted by Gasteiger charge is 2.30. The number of nitrogens with zero attached hydrogens (tertiary/aromatic N) is 2. The summed E-state index contributed by atoms with van der Waals surface area (Å²) in [5, 5.41) is 0.464. The summed E-state index contributed by atoms with van der Waals surface area (Å²) in [5.74, 6) is -0.479. The summed E-state index contributed by atoms with van der Waals surface area (Å²) in [7, 11) is 0. The highest BCUT2D eigenvalue weighted by atomic mass is 32.2. The quantitative estimate of drug-likeness (QED) is 0.233. The predicted molar refractivity (Wildman–Crippen MR) is 139 cm³/mol. The number of carbonyl (C=O) groups excluding carboxylic acids is 1.